The van der Waals surface area contributed by atoms with Crippen molar-refractivity contribution in [3.63, 3.8) is 0 Å². The summed E-state index contributed by atoms with van der Waals surface area (Å²) in [6.07, 6.45) is 0. The van der Waals surface area contributed by atoms with Crippen molar-refractivity contribution in [2.75, 3.05) is 24.4 Å². The zero-order valence-electron chi connectivity index (χ0n) is 16.5. The standard InChI is InChI=1S/C19H22N4O6S/c1-3-22(4-2)18(24)13-20-19(25)14-8-10-15(11-9-14)21-30(28,29)17-7-5-6-16(12-17)23(26)27/h5-12,21H,3-4,13H2,1-2H3,(H,20,25). The van der Waals surface area contributed by atoms with Crippen LogP contribution in [0.2, 0.25) is 0 Å². The molecule has 0 radical (unpaired) electrons. The third-order valence-corrected chi connectivity index (χ3v) is 5.63. The highest BCUT2D eigenvalue weighted by atomic mass is 32.2. The van der Waals surface area contributed by atoms with Crippen LogP contribution in [0.5, 0.6) is 0 Å². The van der Waals surface area contributed by atoms with E-state index in [-0.39, 0.29) is 34.3 Å². The van der Waals surface area contributed by atoms with Crippen LogP contribution in [0.4, 0.5) is 11.4 Å². The molecule has 2 amide bonds. The number of non-ortho nitro benzene ring substituents is 1. The van der Waals surface area contributed by atoms with Gasteiger partial charge in [-0.2, -0.15) is 0 Å². The van der Waals surface area contributed by atoms with Crippen LogP contribution in [-0.2, 0) is 14.8 Å². The molecule has 0 saturated carbocycles. The minimum Gasteiger partial charge on any atom is -0.343 e. The second-order valence-electron chi connectivity index (χ2n) is 6.19. The number of rotatable bonds is 9. The third kappa shape index (κ3) is 5.77. The fourth-order valence-corrected chi connectivity index (χ4v) is 3.71. The number of nitro benzene ring substituents is 1. The lowest BCUT2D eigenvalue weighted by atomic mass is 10.2. The van der Waals surface area contributed by atoms with Crippen molar-refractivity contribution in [3.8, 4) is 0 Å². The maximum atomic E-state index is 12.4. The molecule has 0 spiro atoms. The minimum atomic E-state index is -4.04. The minimum absolute atomic E-state index is 0.137. The van der Waals surface area contributed by atoms with Gasteiger partial charge in [-0.25, -0.2) is 8.42 Å². The Labute approximate surface area is 174 Å². The number of benzene rings is 2. The number of anilines is 1. The second kappa shape index (κ2) is 9.83. The Morgan fingerprint density at radius 1 is 1.07 bits per heavy atom. The lowest BCUT2D eigenvalue weighted by Gasteiger charge is -2.18. The van der Waals surface area contributed by atoms with Crippen LogP contribution in [0, 0.1) is 10.1 Å². The summed E-state index contributed by atoms with van der Waals surface area (Å²) in [7, 11) is -4.04. The topological polar surface area (TPSA) is 139 Å². The molecule has 0 fully saturated rings. The predicted molar refractivity (Wildman–Crippen MR) is 111 cm³/mol. The molecule has 30 heavy (non-hydrogen) atoms. The Hall–Kier alpha value is -3.47. The van der Waals surface area contributed by atoms with Crippen LogP contribution in [-0.4, -0.2) is 49.7 Å². The highest BCUT2D eigenvalue weighted by Gasteiger charge is 2.18. The Kier molecular flexibility index (Phi) is 7.48. The van der Waals surface area contributed by atoms with Crippen LogP contribution in [0.1, 0.15) is 24.2 Å². The van der Waals surface area contributed by atoms with Crippen LogP contribution < -0.4 is 10.0 Å². The van der Waals surface area contributed by atoms with E-state index in [1.165, 1.54) is 42.5 Å². The van der Waals surface area contributed by atoms with Gasteiger partial charge in [-0.3, -0.25) is 24.4 Å². The van der Waals surface area contributed by atoms with Gasteiger partial charge >= 0.3 is 0 Å². The summed E-state index contributed by atoms with van der Waals surface area (Å²) in [5, 5.41) is 13.4. The summed E-state index contributed by atoms with van der Waals surface area (Å²) in [4.78, 5) is 35.6. The van der Waals surface area contributed by atoms with Crippen molar-refractivity contribution in [2.24, 2.45) is 0 Å². The van der Waals surface area contributed by atoms with Gasteiger partial charge in [0.05, 0.1) is 16.4 Å². The van der Waals surface area contributed by atoms with Gasteiger partial charge < -0.3 is 10.2 Å². The van der Waals surface area contributed by atoms with Crippen molar-refractivity contribution in [1.29, 1.82) is 0 Å². The molecule has 0 aliphatic heterocycles. The van der Waals surface area contributed by atoms with E-state index >= 15 is 0 Å². The number of sulfonamides is 1. The summed E-state index contributed by atoms with van der Waals surface area (Å²) in [5.41, 5.74) is 0.0853. The lowest BCUT2D eigenvalue weighted by molar-refractivity contribution is -0.385. The Morgan fingerprint density at radius 3 is 2.27 bits per heavy atom. The van der Waals surface area contributed by atoms with Crippen molar-refractivity contribution >= 4 is 33.2 Å². The molecule has 0 atom stereocenters. The molecule has 160 valence electrons. The molecule has 2 aromatic carbocycles. The van der Waals surface area contributed by atoms with Crippen LogP contribution >= 0.6 is 0 Å². The van der Waals surface area contributed by atoms with Gasteiger partial charge in [0.2, 0.25) is 5.91 Å². The average Bonchev–Trinajstić information content (AvgIpc) is 2.73. The van der Waals surface area contributed by atoms with E-state index in [0.717, 1.165) is 6.07 Å². The highest BCUT2D eigenvalue weighted by Crippen LogP contribution is 2.20. The summed E-state index contributed by atoms with van der Waals surface area (Å²) in [6, 6.07) is 10.2. The molecule has 0 bridgehead atoms. The molecule has 0 heterocycles. The predicted octanol–water partition coefficient (Wildman–Crippen LogP) is 1.99. The van der Waals surface area contributed by atoms with Gasteiger partial charge in [-0.15, -0.1) is 0 Å². The normalized spacial score (nSPS) is 10.9. The fourth-order valence-electron chi connectivity index (χ4n) is 2.61. The molecule has 0 saturated heterocycles. The molecule has 2 N–H and O–H groups in total. The van der Waals surface area contributed by atoms with Crippen molar-refractivity contribution < 1.29 is 22.9 Å². The van der Waals surface area contributed by atoms with Crippen molar-refractivity contribution in [3.05, 3.63) is 64.2 Å². The van der Waals surface area contributed by atoms with E-state index in [4.69, 9.17) is 0 Å². The van der Waals surface area contributed by atoms with E-state index in [1.54, 1.807) is 4.90 Å². The Bertz CT molecular complexity index is 1030. The number of nitro groups is 1. The molecular weight excluding hydrogens is 412 g/mol. The summed E-state index contributed by atoms with van der Waals surface area (Å²) in [5.74, 6) is -0.668. The van der Waals surface area contributed by atoms with Gasteiger partial charge in [0.15, 0.2) is 0 Å². The van der Waals surface area contributed by atoms with E-state index in [1.807, 2.05) is 13.8 Å². The molecule has 10 nitrogen and oxygen atoms in total. The van der Waals surface area contributed by atoms with Gasteiger partial charge in [-0.05, 0) is 44.2 Å². The number of carbonyl (C=O) groups is 2. The monoisotopic (exact) mass is 434 g/mol. The average molecular weight is 434 g/mol. The smallest absolute Gasteiger partial charge is 0.270 e. The number of carbonyl (C=O) groups excluding carboxylic acids is 2. The first-order valence-corrected chi connectivity index (χ1v) is 10.6. The number of nitrogens with zero attached hydrogens (tertiary/aromatic N) is 2. The maximum Gasteiger partial charge on any atom is 0.270 e. The second-order valence-corrected chi connectivity index (χ2v) is 7.87. The zero-order chi connectivity index (χ0) is 22.3. The van der Waals surface area contributed by atoms with Crippen LogP contribution in [0.15, 0.2) is 53.4 Å². The van der Waals surface area contributed by atoms with Crippen molar-refractivity contribution in [2.45, 2.75) is 18.7 Å². The van der Waals surface area contributed by atoms with Gasteiger partial charge in [0, 0.05) is 36.5 Å². The first-order chi connectivity index (χ1) is 14.2. The van der Waals surface area contributed by atoms with Crippen LogP contribution in [0.3, 0.4) is 0 Å². The number of hydrogen-bond donors (Lipinski definition) is 2. The third-order valence-electron chi connectivity index (χ3n) is 4.25. The molecule has 0 unspecified atom stereocenters. The quantitative estimate of drug-likeness (QED) is 0.457. The molecular formula is C19H22N4O6S. The first-order valence-electron chi connectivity index (χ1n) is 9.11. The van der Waals surface area contributed by atoms with E-state index in [9.17, 15) is 28.1 Å². The molecule has 2 aromatic rings. The Morgan fingerprint density at radius 2 is 1.70 bits per heavy atom. The molecule has 11 heteroatoms. The van der Waals surface area contributed by atoms with Gasteiger partial charge in [0.1, 0.15) is 0 Å². The summed E-state index contributed by atoms with van der Waals surface area (Å²) in [6.45, 7) is 4.64. The molecule has 0 aromatic heterocycles. The van der Waals surface area contributed by atoms with E-state index < -0.39 is 20.9 Å². The number of hydrogen-bond acceptors (Lipinski definition) is 6. The van der Waals surface area contributed by atoms with Crippen LogP contribution in [0.25, 0.3) is 0 Å². The van der Waals surface area contributed by atoms with Crippen molar-refractivity contribution in [1.82, 2.24) is 10.2 Å². The fraction of sp³-hybridized carbons (Fsp3) is 0.263. The number of likely N-dealkylation sites (N-methyl/N-ethyl adjacent to an activating group) is 1. The lowest BCUT2D eigenvalue weighted by Crippen LogP contribution is -2.39. The summed E-state index contributed by atoms with van der Waals surface area (Å²) < 4.78 is 27.2. The number of nitrogens with one attached hydrogen (secondary N) is 2. The van der Waals surface area contributed by atoms with Gasteiger partial charge in [0.25, 0.3) is 21.6 Å². The summed E-state index contributed by atoms with van der Waals surface area (Å²) >= 11 is 0. The first kappa shape index (κ1) is 22.8. The van der Waals surface area contributed by atoms with Gasteiger partial charge in [-0.1, -0.05) is 6.07 Å². The Balaban J connectivity index is 2.05. The zero-order valence-corrected chi connectivity index (χ0v) is 17.3. The highest BCUT2D eigenvalue weighted by molar-refractivity contribution is 7.92. The maximum absolute atomic E-state index is 12.4. The number of amides is 2. The molecule has 0 aliphatic rings. The molecule has 2 rings (SSSR count). The van der Waals surface area contributed by atoms with E-state index in [0.29, 0.717) is 13.1 Å². The van der Waals surface area contributed by atoms with E-state index in [2.05, 4.69) is 10.0 Å². The largest absolute Gasteiger partial charge is 0.343 e. The molecule has 0 aliphatic carbocycles. The SMILES string of the molecule is CCN(CC)C(=O)CNC(=O)c1ccc(NS(=O)(=O)c2cccc([N+](=O)[O-])c2)cc1.